The Bertz CT molecular complexity index is 338. The molecule has 2 unspecified atom stereocenters. The molecule has 3 N–H and O–H groups in total. The van der Waals surface area contributed by atoms with Crippen LogP contribution in [0.5, 0.6) is 0 Å². The second kappa shape index (κ2) is 6.88. The average Bonchev–Trinajstić information content (AvgIpc) is 2.36. The lowest BCUT2D eigenvalue weighted by molar-refractivity contribution is 0.0914. The summed E-state index contributed by atoms with van der Waals surface area (Å²) in [6.07, 6.45) is 0.308. The van der Waals surface area contributed by atoms with Crippen LogP contribution in [0.2, 0.25) is 0 Å². The van der Waals surface area contributed by atoms with Crippen molar-refractivity contribution in [1.82, 2.24) is 5.32 Å². The second-order valence-corrected chi connectivity index (χ2v) is 5.60. The largest absolute Gasteiger partial charge is 0.394 e. The SMILES string of the molecule is CC(CC(C)(C)c1ccccc1)NCC(O)CO. The van der Waals surface area contributed by atoms with Crippen LogP contribution in [0.25, 0.3) is 0 Å². The molecule has 0 spiro atoms. The maximum atomic E-state index is 9.31. The minimum absolute atomic E-state index is 0.0951. The molecule has 0 aliphatic rings. The van der Waals surface area contributed by atoms with Crippen LogP contribution >= 0.6 is 0 Å². The second-order valence-electron chi connectivity index (χ2n) is 5.60. The number of aliphatic hydroxyl groups is 2. The summed E-state index contributed by atoms with van der Waals surface area (Å²) in [6.45, 7) is 6.80. The topological polar surface area (TPSA) is 52.5 Å². The molecule has 0 bridgehead atoms. The third-order valence-corrected chi connectivity index (χ3v) is 3.28. The fourth-order valence-electron chi connectivity index (χ4n) is 2.25. The molecule has 18 heavy (non-hydrogen) atoms. The smallest absolute Gasteiger partial charge is 0.0895 e. The van der Waals surface area contributed by atoms with Crippen molar-refractivity contribution >= 4 is 0 Å². The molecule has 3 nitrogen and oxygen atoms in total. The summed E-state index contributed by atoms with van der Waals surface area (Å²) >= 11 is 0. The summed E-state index contributed by atoms with van der Waals surface area (Å²) in [5.41, 5.74) is 1.42. The zero-order valence-electron chi connectivity index (χ0n) is 11.6. The number of rotatable bonds is 7. The predicted molar refractivity (Wildman–Crippen MR) is 74.6 cm³/mol. The Morgan fingerprint density at radius 2 is 1.83 bits per heavy atom. The molecule has 2 atom stereocenters. The molecule has 0 aromatic heterocycles. The molecule has 0 aliphatic heterocycles. The Hall–Kier alpha value is -0.900. The fourth-order valence-corrected chi connectivity index (χ4v) is 2.25. The predicted octanol–water partition coefficient (Wildman–Crippen LogP) is 1.69. The van der Waals surface area contributed by atoms with E-state index in [1.165, 1.54) is 5.56 Å². The van der Waals surface area contributed by atoms with Crippen LogP contribution in [0, 0.1) is 0 Å². The van der Waals surface area contributed by atoms with E-state index >= 15 is 0 Å². The maximum absolute atomic E-state index is 9.31. The molecule has 0 heterocycles. The van der Waals surface area contributed by atoms with E-state index in [2.05, 4.69) is 50.4 Å². The van der Waals surface area contributed by atoms with E-state index in [-0.39, 0.29) is 12.0 Å². The lowest BCUT2D eigenvalue weighted by Crippen LogP contribution is -2.38. The molecule has 0 radical (unpaired) electrons. The fraction of sp³-hybridized carbons (Fsp3) is 0.600. The monoisotopic (exact) mass is 251 g/mol. The van der Waals surface area contributed by atoms with Crippen molar-refractivity contribution in [3.8, 4) is 0 Å². The van der Waals surface area contributed by atoms with Gasteiger partial charge in [0, 0.05) is 12.6 Å². The van der Waals surface area contributed by atoms with Crippen LogP contribution in [-0.2, 0) is 5.41 Å². The Morgan fingerprint density at radius 3 is 2.39 bits per heavy atom. The highest BCUT2D eigenvalue weighted by Gasteiger charge is 2.23. The molecule has 0 amide bonds. The molecule has 1 aromatic carbocycles. The highest BCUT2D eigenvalue weighted by Crippen LogP contribution is 2.27. The van der Waals surface area contributed by atoms with E-state index in [4.69, 9.17) is 5.11 Å². The van der Waals surface area contributed by atoms with Crippen molar-refractivity contribution in [3.63, 3.8) is 0 Å². The molecule has 0 saturated heterocycles. The number of nitrogens with one attached hydrogen (secondary N) is 1. The third-order valence-electron chi connectivity index (χ3n) is 3.28. The maximum Gasteiger partial charge on any atom is 0.0895 e. The quantitative estimate of drug-likeness (QED) is 0.691. The first-order chi connectivity index (χ1) is 8.45. The van der Waals surface area contributed by atoms with Gasteiger partial charge >= 0.3 is 0 Å². The molecule has 1 aromatic rings. The number of aliphatic hydroxyl groups excluding tert-OH is 2. The summed E-state index contributed by atoms with van der Waals surface area (Å²) < 4.78 is 0. The lowest BCUT2D eigenvalue weighted by Gasteiger charge is -2.29. The van der Waals surface area contributed by atoms with Crippen molar-refractivity contribution in [1.29, 1.82) is 0 Å². The van der Waals surface area contributed by atoms with E-state index in [0.717, 1.165) is 6.42 Å². The van der Waals surface area contributed by atoms with Crippen LogP contribution in [0.1, 0.15) is 32.8 Å². The van der Waals surface area contributed by atoms with Gasteiger partial charge in [0.1, 0.15) is 0 Å². The van der Waals surface area contributed by atoms with E-state index in [0.29, 0.717) is 12.6 Å². The Balaban J connectivity index is 2.50. The van der Waals surface area contributed by atoms with Gasteiger partial charge in [-0.1, -0.05) is 44.2 Å². The first kappa shape index (κ1) is 15.2. The van der Waals surface area contributed by atoms with E-state index in [1.807, 2.05) is 6.07 Å². The zero-order chi connectivity index (χ0) is 13.6. The van der Waals surface area contributed by atoms with Crippen molar-refractivity contribution < 1.29 is 10.2 Å². The first-order valence-corrected chi connectivity index (χ1v) is 6.53. The molecule has 3 heteroatoms. The Labute approximate surface area is 110 Å². The van der Waals surface area contributed by atoms with Crippen molar-refractivity contribution in [2.24, 2.45) is 0 Å². The Morgan fingerprint density at radius 1 is 1.22 bits per heavy atom. The zero-order valence-corrected chi connectivity index (χ0v) is 11.6. The molecule has 0 fully saturated rings. The third kappa shape index (κ3) is 4.77. The molecular formula is C15H25NO2. The van der Waals surface area contributed by atoms with Gasteiger partial charge in [-0.05, 0) is 24.3 Å². The average molecular weight is 251 g/mol. The molecule has 102 valence electrons. The van der Waals surface area contributed by atoms with Gasteiger partial charge in [0.05, 0.1) is 12.7 Å². The van der Waals surface area contributed by atoms with Gasteiger partial charge in [-0.2, -0.15) is 0 Å². The van der Waals surface area contributed by atoms with E-state index < -0.39 is 6.10 Å². The molecular weight excluding hydrogens is 226 g/mol. The molecule has 0 saturated carbocycles. The van der Waals surface area contributed by atoms with Gasteiger partial charge in [0.25, 0.3) is 0 Å². The minimum Gasteiger partial charge on any atom is -0.394 e. The van der Waals surface area contributed by atoms with Crippen LogP contribution < -0.4 is 5.32 Å². The highest BCUT2D eigenvalue weighted by atomic mass is 16.3. The van der Waals surface area contributed by atoms with Gasteiger partial charge in [-0.15, -0.1) is 0 Å². The van der Waals surface area contributed by atoms with Crippen molar-refractivity contribution in [2.75, 3.05) is 13.2 Å². The van der Waals surface area contributed by atoms with Gasteiger partial charge in [0.15, 0.2) is 0 Å². The summed E-state index contributed by atoms with van der Waals surface area (Å²) in [6, 6.07) is 10.7. The van der Waals surface area contributed by atoms with Crippen molar-refractivity contribution in [3.05, 3.63) is 35.9 Å². The van der Waals surface area contributed by atoms with Gasteiger partial charge in [-0.3, -0.25) is 0 Å². The van der Waals surface area contributed by atoms with E-state index in [1.54, 1.807) is 0 Å². The van der Waals surface area contributed by atoms with Crippen molar-refractivity contribution in [2.45, 2.75) is 44.8 Å². The van der Waals surface area contributed by atoms with Crippen LogP contribution in [0.15, 0.2) is 30.3 Å². The Kier molecular flexibility index (Phi) is 5.79. The number of hydrogen-bond donors (Lipinski definition) is 3. The normalized spacial score (nSPS) is 15.4. The minimum atomic E-state index is -0.674. The highest BCUT2D eigenvalue weighted by molar-refractivity contribution is 5.23. The molecule has 0 aliphatic carbocycles. The number of hydrogen-bond acceptors (Lipinski definition) is 3. The summed E-state index contributed by atoms with van der Waals surface area (Å²) in [4.78, 5) is 0. The standard InChI is InChI=1S/C15H25NO2/c1-12(16-10-14(18)11-17)9-15(2,3)13-7-5-4-6-8-13/h4-8,12,14,16-18H,9-11H2,1-3H3. The van der Waals surface area contributed by atoms with E-state index in [9.17, 15) is 5.11 Å². The molecule has 1 rings (SSSR count). The first-order valence-electron chi connectivity index (χ1n) is 6.53. The summed E-state index contributed by atoms with van der Waals surface area (Å²) in [5, 5.41) is 21.3. The number of benzene rings is 1. The summed E-state index contributed by atoms with van der Waals surface area (Å²) in [5.74, 6) is 0. The van der Waals surface area contributed by atoms with Crippen LogP contribution in [-0.4, -0.2) is 35.5 Å². The summed E-state index contributed by atoms with van der Waals surface area (Å²) in [7, 11) is 0. The van der Waals surface area contributed by atoms with Gasteiger partial charge in [-0.25, -0.2) is 0 Å². The van der Waals surface area contributed by atoms with Gasteiger partial charge < -0.3 is 15.5 Å². The van der Waals surface area contributed by atoms with Crippen LogP contribution in [0.4, 0.5) is 0 Å². The van der Waals surface area contributed by atoms with Crippen LogP contribution in [0.3, 0.4) is 0 Å². The van der Waals surface area contributed by atoms with Gasteiger partial charge in [0.2, 0.25) is 0 Å². The lowest BCUT2D eigenvalue weighted by atomic mass is 9.79.